The lowest BCUT2D eigenvalue weighted by Crippen LogP contribution is -2.27. The molecule has 0 bridgehead atoms. The summed E-state index contributed by atoms with van der Waals surface area (Å²) in [5.74, 6) is 0. The van der Waals surface area contributed by atoms with Crippen LogP contribution < -0.4 is 0 Å². The highest BCUT2D eigenvalue weighted by atomic mass is 35.5. The van der Waals surface area contributed by atoms with E-state index in [-0.39, 0.29) is 0 Å². The Labute approximate surface area is 93.2 Å². The van der Waals surface area contributed by atoms with Gasteiger partial charge in [0.1, 0.15) is 0 Å². The Balaban J connectivity index is 2.43. The van der Waals surface area contributed by atoms with Gasteiger partial charge in [-0.05, 0) is 18.6 Å². The second kappa shape index (κ2) is 5.71. The molecule has 0 aliphatic rings. The Kier molecular flexibility index (Phi) is 4.89. The van der Waals surface area contributed by atoms with E-state index in [1.54, 1.807) is 6.07 Å². The Morgan fingerprint density at radius 3 is 2.57 bits per heavy atom. The fourth-order valence-electron chi connectivity index (χ4n) is 1.29. The summed E-state index contributed by atoms with van der Waals surface area (Å²) in [7, 11) is 0. The maximum atomic E-state index is 9.63. The summed E-state index contributed by atoms with van der Waals surface area (Å²) in [6.45, 7) is 1.98. The van der Waals surface area contributed by atoms with Crippen LogP contribution in [0.4, 0.5) is 0 Å². The Hall–Kier alpha value is -0.0900. The quantitative estimate of drug-likeness (QED) is 0.822. The molecule has 2 unspecified atom stereocenters. The smallest absolute Gasteiger partial charge is 0.0931 e. The van der Waals surface area contributed by atoms with E-state index in [4.69, 9.17) is 11.6 Å². The normalized spacial score (nSPS) is 15.4. The van der Waals surface area contributed by atoms with Gasteiger partial charge in [-0.3, -0.25) is 0 Å². The molecule has 0 fully saturated rings. The molecule has 0 saturated carbocycles. The summed E-state index contributed by atoms with van der Waals surface area (Å²) in [5.41, 5.74) is 0. The summed E-state index contributed by atoms with van der Waals surface area (Å²) in [5, 5.41) is 19.1. The molecule has 0 amide bonds. The monoisotopic (exact) mass is 234 g/mol. The van der Waals surface area contributed by atoms with E-state index in [1.165, 1.54) is 11.3 Å². The zero-order valence-electron chi connectivity index (χ0n) is 8.11. The third-order valence-electron chi connectivity index (χ3n) is 2.07. The van der Waals surface area contributed by atoms with Gasteiger partial charge in [0.05, 0.1) is 16.5 Å². The van der Waals surface area contributed by atoms with E-state index in [0.717, 1.165) is 15.6 Å². The van der Waals surface area contributed by atoms with Gasteiger partial charge in [0.25, 0.3) is 0 Å². The van der Waals surface area contributed by atoms with Crippen molar-refractivity contribution >= 4 is 22.9 Å². The van der Waals surface area contributed by atoms with Crippen LogP contribution >= 0.6 is 22.9 Å². The third-order valence-corrected chi connectivity index (χ3v) is 3.32. The molecule has 1 aromatic rings. The van der Waals surface area contributed by atoms with Crippen molar-refractivity contribution in [3.63, 3.8) is 0 Å². The molecule has 80 valence electrons. The van der Waals surface area contributed by atoms with Gasteiger partial charge >= 0.3 is 0 Å². The number of rotatable bonds is 5. The summed E-state index contributed by atoms with van der Waals surface area (Å²) in [6.07, 6.45) is 0.702. The lowest BCUT2D eigenvalue weighted by molar-refractivity contribution is 0.0153. The van der Waals surface area contributed by atoms with Crippen molar-refractivity contribution in [3.05, 3.63) is 21.3 Å². The molecule has 0 radical (unpaired) electrons. The van der Waals surface area contributed by atoms with Crippen molar-refractivity contribution in [3.8, 4) is 0 Å². The number of aliphatic hydroxyl groups excluding tert-OH is 2. The minimum Gasteiger partial charge on any atom is -0.390 e. The summed E-state index contributed by atoms with van der Waals surface area (Å²) in [6, 6.07) is 3.69. The standard InChI is InChI=1S/C10H15ClO2S/c1-2-3-8(12)9(13)6-7-4-5-10(11)14-7/h4-5,8-9,12-13H,2-3,6H2,1H3. The minimum atomic E-state index is -0.676. The van der Waals surface area contributed by atoms with Crippen LogP contribution in [0.15, 0.2) is 12.1 Å². The molecule has 0 aromatic carbocycles. The number of aliphatic hydroxyl groups is 2. The zero-order valence-corrected chi connectivity index (χ0v) is 9.68. The second-order valence-electron chi connectivity index (χ2n) is 3.33. The largest absolute Gasteiger partial charge is 0.390 e. The van der Waals surface area contributed by atoms with E-state index in [1.807, 2.05) is 13.0 Å². The predicted octanol–water partition coefficient (Wildman–Crippen LogP) is 2.47. The predicted molar refractivity (Wildman–Crippen MR) is 60.0 cm³/mol. The molecule has 2 atom stereocenters. The van der Waals surface area contributed by atoms with E-state index in [9.17, 15) is 10.2 Å². The number of halogens is 1. The average Bonchev–Trinajstić information content (AvgIpc) is 2.51. The first-order valence-electron chi connectivity index (χ1n) is 4.73. The molecule has 0 spiro atoms. The molecule has 2 nitrogen and oxygen atoms in total. The van der Waals surface area contributed by atoms with Crippen molar-refractivity contribution < 1.29 is 10.2 Å². The van der Waals surface area contributed by atoms with Crippen LogP contribution in [0.1, 0.15) is 24.6 Å². The van der Waals surface area contributed by atoms with Gasteiger partial charge in [-0.25, -0.2) is 0 Å². The topological polar surface area (TPSA) is 40.5 Å². The van der Waals surface area contributed by atoms with E-state index < -0.39 is 12.2 Å². The Morgan fingerprint density at radius 1 is 1.36 bits per heavy atom. The van der Waals surface area contributed by atoms with E-state index in [0.29, 0.717) is 12.8 Å². The SMILES string of the molecule is CCCC(O)C(O)Cc1ccc(Cl)s1. The first-order chi connectivity index (χ1) is 6.63. The number of thiophene rings is 1. The molecule has 1 aromatic heterocycles. The molecule has 0 aliphatic carbocycles. The molecular formula is C10H15ClO2S. The van der Waals surface area contributed by atoms with Crippen molar-refractivity contribution in [2.75, 3.05) is 0 Å². The number of hydrogen-bond donors (Lipinski definition) is 2. The molecule has 2 N–H and O–H groups in total. The molecule has 14 heavy (non-hydrogen) atoms. The highest BCUT2D eigenvalue weighted by Gasteiger charge is 2.16. The molecular weight excluding hydrogens is 220 g/mol. The Morgan fingerprint density at radius 2 is 2.07 bits per heavy atom. The maximum Gasteiger partial charge on any atom is 0.0931 e. The van der Waals surface area contributed by atoms with Crippen LogP contribution in [-0.4, -0.2) is 22.4 Å². The molecule has 0 saturated heterocycles. The molecule has 1 rings (SSSR count). The average molecular weight is 235 g/mol. The van der Waals surface area contributed by atoms with Crippen LogP contribution in [0.3, 0.4) is 0 Å². The second-order valence-corrected chi connectivity index (χ2v) is 5.13. The highest BCUT2D eigenvalue weighted by Crippen LogP contribution is 2.23. The third kappa shape index (κ3) is 3.58. The summed E-state index contributed by atoms with van der Waals surface area (Å²) in [4.78, 5) is 1.01. The van der Waals surface area contributed by atoms with E-state index in [2.05, 4.69) is 0 Å². The van der Waals surface area contributed by atoms with Crippen molar-refractivity contribution in [2.24, 2.45) is 0 Å². The highest BCUT2D eigenvalue weighted by molar-refractivity contribution is 7.16. The van der Waals surface area contributed by atoms with Crippen LogP contribution in [0.2, 0.25) is 4.34 Å². The van der Waals surface area contributed by atoms with Crippen LogP contribution in [0.5, 0.6) is 0 Å². The summed E-state index contributed by atoms with van der Waals surface area (Å²) < 4.78 is 0.720. The van der Waals surface area contributed by atoms with Crippen molar-refractivity contribution in [1.82, 2.24) is 0 Å². The van der Waals surface area contributed by atoms with Crippen molar-refractivity contribution in [2.45, 2.75) is 38.4 Å². The van der Waals surface area contributed by atoms with Gasteiger partial charge in [0, 0.05) is 11.3 Å². The maximum absolute atomic E-state index is 9.63. The number of hydrogen-bond acceptors (Lipinski definition) is 3. The van der Waals surface area contributed by atoms with Gasteiger partial charge in [0.2, 0.25) is 0 Å². The van der Waals surface area contributed by atoms with Crippen molar-refractivity contribution in [1.29, 1.82) is 0 Å². The minimum absolute atomic E-state index is 0.485. The lowest BCUT2D eigenvalue weighted by Gasteiger charge is -2.15. The van der Waals surface area contributed by atoms with E-state index >= 15 is 0 Å². The molecule has 1 heterocycles. The van der Waals surface area contributed by atoms with Gasteiger partial charge in [-0.2, -0.15) is 0 Å². The van der Waals surface area contributed by atoms with Gasteiger partial charge < -0.3 is 10.2 Å². The van der Waals surface area contributed by atoms with Crippen LogP contribution in [0.25, 0.3) is 0 Å². The van der Waals surface area contributed by atoms with Crippen LogP contribution in [-0.2, 0) is 6.42 Å². The summed E-state index contributed by atoms with van der Waals surface area (Å²) >= 11 is 7.20. The lowest BCUT2D eigenvalue weighted by atomic mass is 10.1. The molecule has 0 aliphatic heterocycles. The zero-order chi connectivity index (χ0) is 10.6. The fraction of sp³-hybridized carbons (Fsp3) is 0.600. The van der Waals surface area contributed by atoms with Gasteiger partial charge in [-0.1, -0.05) is 24.9 Å². The molecule has 4 heteroatoms. The van der Waals surface area contributed by atoms with Gasteiger partial charge in [-0.15, -0.1) is 11.3 Å². The first kappa shape index (κ1) is 12.0. The fourth-order valence-corrected chi connectivity index (χ4v) is 2.43. The Bertz CT molecular complexity index is 275. The van der Waals surface area contributed by atoms with Crippen LogP contribution in [0, 0.1) is 0 Å². The first-order valence-corrected chi connectivity index (χ1v) is 5.93. The van der Waals surface area contributed by atoms with Gasteiger partial charge in [0.15, 0.2) is 0 Å².